The highest BCUT2D eigenvalue weighted by molar-refractivity contribution is 7.14. The Bertz CT molecular complexity index is 1330. The fraction of sp³-hybridized carbons (Fsp3) is 0.0952. The van der Waals surface area contributed by atoms with Crippen LogP contribution in [0.25, 0.3) is 10.7 Å². The molecule has 0 aliphatic carbocycles. The quantitative estimate of drug-likeness (QED) is 0.398. The van der Waals surface area contributed by atoms with Gasteiger partial charge < -0.3 is 15.0 Å². The van der Waals surface area contributed by atoms with Crippen LogP contribution in [0.2, 0.25) is 0 Å². The second kappa shape index (κ2) is 9.20. The molecule has 0 spiro atoms. The van der Waals surface area contributed by atoms with Gasteiger partial charge in [0.15, 0.2) is 10.8 Å². The van der Waals surface area contributed by atoms with E-state index in [1.54, 1.807) is 18.2 Å². The Kier molecular flexibility index (Phi) is 6.18. The lowest BCUT2D eigenvalue weighted by Crippen LogP contribution is -2.23. The lowest BCUT2D eigenvalue weighted by atomic mass is 10.0. The second-order valence-electron chi connectivity index (χ2n) is 6.62. The van der Waals surface area contributed by atoms with E-state index in [1.165, 1.54) is 18.4 Å². The van der Waals surface area contributed by atoms with Gasteiger partial charge in [-0.1, -0.05) is 17.4 Å². The Hall–Kier alpha value is -4.06. The van der Waals surface area contributed by atoms with E-state index in [0.29, 0.717) is 33.7 Å². The minimum absolute atomic E-state index is 0.0134. The van der Waals surface area contributed by atoms with Gasteiger partial charge in [-0.05, 0) is 12.1 Å². The highest BCUT2D eigenvalue weighted by Crippen LogP contribution is 2.23. The van der Waals surface area contributed by atoms with Gasteiger partial charge >= 0.3 is 0 Å². The number of hydrogen-bond acceptors (Lipinski definition) is 7. The number of hydrogen-bond donors (Lipinski definition) is 2. The van der Waals surface area contributed by atoms with Crippen LogP contribution in [0.1, 0.15) is 31.4 Å². The van der Waals surface area contributed by atoms with Crippen LogP contribution in [0.3, 0.4) is 0 Å². The van der Waals surface area contributed by atoms with E-state index >= 15 is 0 Å². The zero-order valence-corrected chi connectivity index (χ0v) is 17.7. The summed E-state index contributed by atoms with van der Waals surface area (Å²) in [5.74, 6) is -4.98. The maximum atomic E-state index is 13.9. The molecule has 0 fully saturated rings. The summed E-state index contributed by atoms with van der Waals surface area (Å²) in [6, 6.07) is 7.17. The first-order valence-corrected chi connectivity index (χ1v) is 10.2. The number of amides is 1. The summed E-state index contributed by atoms with van der Waals surface area (Å²) in [7, 11) is 1.50. The van der Waals surface area contributed by atoms with Crippen molar-refractivity contribution in [3.05, 3.63) is 81.9 Å². The topological polar surface area (TPSA) is 110 Å². The highest BCUT2D eigenvalue weighted by atomic mass is 32.1. The molecule has 1 aromatic carbocycles. The van der Waals surface area contributed by atoms with E-state index in [1.807, 2.05) is 0 Å². The summed E-state index contributed by atoms with van der Waals surface area (Å²) in [5, 5.41) is 11.7. The maximum Gasteiger partial charge on any atom is 0.268 e. The minimum Gasteiger partial charge on any atom is -0.481 e. The molecule has 33 heavy (non-hydrogen) atoms. The standard InChI is InChI=1S/C21H14F3N5O3S/c1-32-16-4-2-3-14(27-16)21-29-28-17(33-21)9-26-20(31)15-5-10(8-25-15)19(30)18-12(23)6-11(22)7-13(18)24/h2-8,25H,9H2,1H3,(H,26,31). The van der Waals surface area contributed by atoms with Crippen molar-refractivity contribution in [2.75, 3.05) is 7.11 Å². The summed E-state index contributed by atoms with van der Waals surface area (Å²) in [6.07, 6.45) is 1.14. The summed E-state index contributed by atoms with van der Waals surface area (Å²) in [4.78, 5) is 31.7. The molecule has 4 rings (SSSR count). The molecule has 0 saturated carbocycles. The van der Waals surface area contributed by atoms with Gasteiger partial charge in [0.1, 0.15) is 33.8 Å². The average Bonchev–Trinajstić information content (AvgIpc) is 3.47. The molecule has 0 aliphatic rings. The fourth-order valence-corrected chi connectivity index (χ4v) is 3.64. The molecule has 1 amide bonds. The Morgan fingerprint density at radius 2 is 1.88 bits per heavy atom. The summed E-state index contributed by atoms with van der Waals surface area (Å²) < 4.78 is 45.9. The number of carbonyl (C=O) groups excluding carboxylic acids is 2. The number of methoxy groups -OCH3 is 1. The van der Waals surface area contributed by atoms with E-state index in [9.17, 15) is 22.8 Å². The fourth-order valence-electron chi connectivity index (χ4n) is 2.89. The van der Waals surface area contributed by atoms with Crippen LogP contribution in [-0.4, -0.2) is 39.0 Å². The molecular formula is C21H14F3N5O3S. The molecule has 0 bridgehead atoms. The minimum atomic E-state index is -1.33. The number of pyridine rings is 1. The lowest BCUT2D eigenvalue weighted by Gasteiger charge is -2.03. The Morgan fingerprint density at radius 3 is 2.61 bits per heavy atom. The molecule has 0 aliphatic heterocycles. The first kappa shape index (κ1) is 22.1. The molecule has 0 atom stereocenters. The third kappa shape index (κ3) is 4.75. The monoisotopic (exact) mass is 473 g/mol. The number of aromatic amines is 1. The van der Waals surface area contributed by atoms with E-state index < -0.39 is 34.7 Å². The van der Waals surface area contributed by atoms with Crippen LogP contribution in [0, 0.1) is 17.5 Å². The molecular weight excluding hydrogens is 459 g/mol. The third-order valence-corrected chi connectivity index (χ3v) is 5.39. The molecule has 8 nitrogen and oxygen atoms in total. The molecule has 2 N–H and O–H groups in total. The van der Waals surface area contributed by atoms with Crippen LogP contribution in [-0.2, 0) is 6.54 Å². The van der Waals surface area contributed by atoms with Crippen molar-refractivity contribution in [3.63, 3.8) is 0 Å². The first-order chi connectivity index (χ1) is 15.9. The van der Waals surface area contributed by atoms with Crippen LogP contribution < -0.4 is 10.1 Å². The smallest absolute Gasteiger partial charge is 0.268 e. The van der Waals surface area contributed by atoms with Crippen LogP contribution in [0.5, 0.6) is 5.88 Å². The Balaban J connectivity index is 1.43. The number of ketones is 1. The number of aromatic nitrogens is 4. The predicted molar refractivity (Wildman–Crippen MR) is 111 cm³/mol. The normalized spacial score (nSPS) is 10.8. The number of rotatable bonds is 7. The number of carbonyl (C=O) groups is 2. The first-order valence-electron chi connectivity index (χ1n) is 9.35. The lowest BCUT2D eigenvalue weighted by molar-refractivity contribution is 0.0946. The van der Waals surface area contributed by atoms with Crippen molar-refractivity contribution in [2.24, 2.45) is 0 Å². The number of nitrogens with one attached hydrogen (secondary N) is 2. The zero-order chi connectivity index (χ0) is 23.5. The molecule has 3 aromatic heterocycles. The average molecular weight is 473 g/mol. The van der Waals surface area contributed by atoms with E-state index in [2.05, 4.69) is 25.5 Å². The van der Waals surface area contributed by atoms with Gasteiger partial charge in [-0.3, -0.25) is 9.59 Å². The van der Waals surface area contributed by atoms with E-state index in [0.717, 1.165) is 12.3 Å². The molecule has 0 unspecified atom stereocenters. The molecule has 0 saturated heterocycles. The van der Waals surface area contributed by atoms with E-state index in [4.69, 9.17) is 4.74 Å². The maximum absolute atomic E-state index is 13.9. The van der Waals surface area contributed by atoms with E-state index in [-0.39, 0.29) is 17.8 Å². The molecule has 4 aromatic rings. The Labute approximate surface area is 188 Å². The second-order valence-corrected chi connectivity index (χ2v) is 7.69. The summed E-state index contributed by atoms with van der Waals surface area (Å²) in [6.45, 7) is 0.0456. The highest BCUT2D eigenvalue weighted by Gasteiger charge is 2.22. The van der Waals surface area contributed by atoms with Gasteiger partial charge in [-0.25, -0.2) is 18.2 Å². The van der Waals surface area contributed by atoms with Gasteiger partial charge in [0.2, 0.25) is 5.88 Å². The van der Waals surface area contributed by atoms with Gasteiger partial charge in [0, 0.05) is 30.0 Å². The van der Waals surface area contributed by atoms with Crippen molar-refractivity contribution in [1.29, 1.82) is 0 Å². The molecule has 168 valence electrons. The SMILES string of the molecule is COc1cccc(-c2nnc(CNC(=O)c3cc(C(=O)c4c(F)cc(F)cc4F)c[nH]3)s2)n1. The van der Waals surface area contributed by atoms with Gasteiger partial charge in [-0.15, -0.1) is 10.2 Å². The molecule has 0 radical (unpaired) electrons. The number of nitrogens with zero attached hydrogens (tertiary/aromatic N) is 3. The Morgan fingerprint density at radius 1 is 1.12 bits per heavy atom. The van der Waals surface area contributed by atoms with Crippen molar-refractivity contribution in [1.82, 2.24) is 25.5 Å². The summed E-state index contributed by atoms with van der Waals surface area (Å²) >= 11 is 1.22. The number of ether oxygens (including phenoxy) is 1. The van der Waals surface area contributed by atoms with Gasteiger partial charge in [-0.2, -0.15) is 0 Å². The van der Waals surface area contributed by atoms with Crippen molar-refractivity contribution >= 4 is 23.0 Å². The van der Waals surface area contributed by atoms with Crippen LogP contribution >= 0.6 is 11.3 Å². The van der Waals surface area contributed by atoms with Crippen molar-refractivity contribution < 1.29 is 27.5 Å². The zero-order valence-electron chi connectivity index (χ0n) is 16.9. The summed E-state index contributed by atoms with van der Waals surface area (Å²) in [5.41, 5.74) is -0.514. The molecule has 3 heterocycles. The predicted octanol–water partition coefficient (Wildman–Crippen LogP) is 3.52. The number of benzene rings is 1. The van der Waals surface area contributed by atoms with Crippen molar-refractivity contribution in [2.45, 2.75) is 6.54 Å². The molecule has 12 heteroatoms. The van der Waals surface area contributed by atoms with Gasteiger partial charge in [0.25, 0.3) is 5.91 Å². The van der Waals surface area contributed by atoms with Crippen molar-refractivity contribution in [3.8, 4) is 16.6 Å². The largest absolute Gasteiger partial charge is 0.481 e. The van der Waals surface area contributed by atoms with Crippen LogP contribution in [0.4, 0.5) is 13.2 Å². The number of H-pyrrole nitrogens is 1. The number of halogens is 3. The third-order valence-electron chi connectivity index (χ3n) is 4.44. The van der Waals surface area contributed by atoms with Gasteiger partial charge in [0.05, 0.1) is 19.2 Å². The van der Waals surface area contributed by atoms with Crippen LogP contribution in [0.15, 0.2) is 42.6 Å².